The monoisotopic (exact) mass is 401 g/mol. The Balaban J connectivity index is 0.00000243. The molecule has 0 amide bonds. The number of non-ortho nitro benzene ring substituents is 1. The molecule has 1 saturated heterocycles. The van der Waals surface area contributed by atoms with E-state index in [0.29, 0.717) is 31.0 Å². The Bertz CT molecular complexity index is 868. The van der Waals surface area contributed by atoms with Crippen LogP contribution in [0.15, 0.2) is 36.7 Å². The van der Waals surface area contributed by atoms with Crippen molar-refractivity contribution in [1.82, 2.24) is 19.2 Å². The molecule has 9 nitrogen and oxygen atoms in total. The van der Waals surface area contributed by atoms with Crippen molar-refractivity contribution in [3.8, 4) is 0 Å². The zero-order valence-corrected chi connectivity index (χ0v) is 15.7. The van der Waals surface area contributed by atoms with Gasteiger partial charge in [-0.2, -0.15) is 4.31 Å². The van der Waals surface area contributed by atoms with Gasteiger partial charge in [-0.3, -0.25) is 10.1 Å². The van der Waals surface area contributed by atoms with Gasteiger partial charge in [-0.15, -0.1) is 12.4 Å². The van der Waals surface area contributed by atoms with Gasteiger partial charge in [-0.25, -0.2) is 13.4 Å². The Labute approximate surface area is 157 Å². The molecule has 1 atom stereocenters. The maximum Gasteiger partial charge on any atom is 0.269 e. The first-order valence-corrected chi connectivity index (χ1v) is 9.40. The molecule has 0 radical (unpaired) electrons. The fraction of sp³-hybridized carbons (Fsp3) is 0.400. The van der Waals surface area contributed by atoms with Crippen molar-refractivity contribution in [2.75, 3.05) is 19.6 Å². The van der Waals surface area contributed by atoms with Gasteiger partial charge in [0.1, 0.15) is 5.82 Å². The van der Waals surface area contributed by atoms with Gasteiger partial charge in [-0.1, -0.05) is 12.1 Å². The van der Waals surface area contributed by atoms with Crippen LogP contribution in [-0.4, -0.2) is 46.8 Å². The molecule has 2 aromatic rings. The summed E-state index contributed by atoms with van der Waals surface area (Å²) < 4.78 is 29.1. The van der Waals surface area contributed by atoms with Crippen molar-refractivity contribution >= 4 is 28.1 Å². The van der Waals surface area contributed by atoms with Gasteiger partial charge in [-0.05, 0) is 5.56 Å². The second-order valence-electron chi connectivity index (χ2n) is 5.91. The molecule has 11 heteroatoms. The summed E-state index contributed by atoms with van der Waals surface area (Å²) >= 11 is 0. The molecule has 1 aromatic heterocycles. The number of sulfonamides is 1. The molecule has 1 aliphatic heterocycles. The van der Waals surface area contributed by atoms with E-state index in [9.17, 15) is 18.5 Å². The lowest BCUT2D eigenvalue weighted by atomic mass is 10.2. The van der Waals surface area contributed by atoms with Crippen molar-refractivity contribution in [3.05, 3.63) is 58.2 Å². The van der Waals surface area contributed by atoms with Gasteiger partial charge in [0, 0.05) is 51.2 Å². The van der Waals surface area contributed by atoms with Gasteiger partial charge in [0.2, 0.25) is 10.0 Å². The largest absolute Gasteiger partial charge is 0.337 e. The summed E-state index contributed by atoms with van der Waals surface area (Å²) in [5.74, 6) is 0.478. The summed E-state index contributed by atoms with van der Waals surface area (Å²) in [5, 5.41) is 13.9. The maximum absolute atomic E-state index is 12.9. The number of hydrogen-bond acceptors (Lipinski definition) is 6. The van der Waals surface area contributed by atoms with E-state index in [0.717, 1.165) is 0 Å². The first-order chi connectivity index (χ1) is 11.9. The van der Waals surface area contributed by atoms with Crippen LogP contribution < -0.4 is 5.32 Å². The summed E-state index contributed by atoms with van der Waals surface area (Å²) in [4.78, 5) is 14.5. The third-order valence-corrected chi connectivity index (χ3v) is 6.05. The Morgan fingerprint density at radius 3 is 2.62 bits per heavy atom. The Morgan fingerprint density at radius 1 is 1.35 bits per heavy atom. The molecule has 1 aromatic carbocycles. The summed E-state index contributed by atoms with van der Waals surface area (Å²) in [6.07, 6.45) is 3.43. The fourth-order valence-electron chi connectivity index (χ4n) is 2.94. The number of aromatic nitrogens is 2. The quantitative estimate of drug-likeness (QED) is 0.595. The lowest BCUT2D eigenvalue weighted by Crippen LogP contribution is -2.49. The van der Waals surface area contributed by atoms with E-state index in [1.165, 1.54) is 28.6 Å². The molecule has 2 heterocycles. The second-order valence-corrected chi connectivity index (χ2v) is 7.83. The van der Waals surface area contributed by atoms with E-state index in [-0.39, 0.29) is 29.9 Å². The van der Waals surface area contributed by atoms with Gasteiger partial charge in [0.25, 0.3) is 5.69 Å². The molecule has 0 bridgehead atoms. The number of aryl methyl sites for hydroxylation is 1. The number of rotatable bonds is 5. The van der Waals surface area contributed by atoms with Crippen molar-refractivity contribution in [2.24, 2.45) is 7.05 Å². The number of halogens is 1. The van der Waals surface area contributed by atoms with Crippen LogP contribution in [0.5, 0.6) is 0 Å². The van der Waals surface area contributed by atoms with E-state index in [4.69, 9.17) is 0 Å². The molecule has 1 aliphatic rings. The smallest absolute Gasteiger partial charge is 0.269 e. The molecule has 0 aliphatic carbocycles. The number of benzene rings is 1. The highest BCUT2D eigenvalue weighted by Crippen LogP contribution is 2.26. The lowest BCUT2D eigenvalue weighted by molar-refractivity contribution is -0.384. The molecule has 142 valence electrons. The van der Waals surface area contributed by atoms with E-state index < -0.39 is 14.9 Å². The minimum absolute atomic E-state index is 0. The number of hydrogen-bond donors (Lipinski definition) is 1. The predicted octanol–water partition coefficient (Wildman–Crippen LogP) is 1.23. The number of nitrogens with zero attached hydrogens (tertiary/aromatic N) is 4. The third kappa shape index (κ3) is 4.21. The predicted molar refractivity (Wildman–Crippen MR) is 98.5 cm³/mol. The molecule has 0 spiro atoms. The molecule has 26 heavy (non-hydrogen) atoms. The molecule has 1 unspecified atom stereocenters. The molecule has 1 fully saturated rings. The standard InChI is InChI=1S/C15H19N5O4S.ClH/c1-18-8-7-17-15(18)14-10-16-6-9-19(14)25(23,24)11-12-2-4-13(5-3-12)20(21)22;/h2-5,7-8,14,16H,6,9-11H2,1H3;1H. The van der Waals surface area contributed by atoms with E-state index in [1.807, 2.05) is 11.6 Å². The lowest BCUT2D eigenvalue weighted by Gasteiger charge is -2.34. The molecular formula is C15H20ClN5O4S. The van der Waals surface area contributed by atoms with Crippen LogP contribution in [0.4, 0.5) is 5.69 Å². The minimum atomic E-state index is -3.59. The van der Waals surface area contributed by atoms with Crippen molar-refractivity contribution in [1.29, 1.82) is 0 Å². The van der Waals surface area contributed by atoms with Gasteiger partial charge in [0.05, 0.1) is 16.7 Å². The minimum Gasteiger partial charge on any atom is -0.337 e. The SMILES string of the molecule is Cl.Cn1ccnc1C1CNCCN1S(=O)(=O)Cc1ccc([N+](=O)[O-])cc1. The van der Waals surface area contributed by atoms with Crippen LogP contribution in [0.3, 0.4) is 0 Å². The normalized spacial score (nSPS) is 18.3. The van der Waals surface area contributed by atoms with Crippen LogP contribution in [-0.2, 0) is 22.8 Å². The van der Waals surface area contributed by atoms with Crippen LogP contribution >= 0.6 is 12.4 Å². The summed E-state index contributed by atoms with van der Waals surface area (Å²) in [7, 11) is -1.76. The molecule has 3 rings (SSSR count). The topological polar surface area (TPSA) is 110 Å². The van der Waals surface area contributed by atoms with Gasteiger partial charge in [0.15, 0.2) is 0 Å². The number of nitro groups is 1. The maximum atomic E-state index is 12.9. The Kier molecular flexibility index (Phi) is 6.34. The molecular weight excluding hydrogens is 382 g/mol. The van der Waals surface area contributed by atoms with Crippen LogP contribution in [0.25, 0.3) is 0 Å². The Hall–Kier alpha value is -2.01. The van der Waals surface area contributed by atoms with Crippen molar-refractivity contribution in [2.45, 2.75) is 11.8 Å². The van der Waals surface area contributed by atoms with E-state index >= 15 is 0 Å². The van der Waals surface area contributed by atoms with Gasteiger partial charge >= 0.3 is 0 Å². The van der Waals surface area contributed by atoms with Crippen LogP contribution in [0, 0.1) is 10.1 Å². The average molecular weight is 402 g/mol. The summed E-state index contributed by atoms with van der Waals surface area (Å²) in [6.45, 7) is 1.41. The van der Waals surface area contributed by atoms with Crippen molar-refractivity contribution < 1.29 is 13.3 Å². The first-order valence-electron chi connectivity index (χ1n) is 7.79. The van der Waals surface area contributed by atoms with Crippen LogP contribution in [0.1, 0.15) is 17.4 Å². The van der Waals surface area contributed by atoms with E-state index in [2.05, 4.69) is 10.3 Å². The zero-order chi connectivity index (χ0) is 18.0. The Morgan fingerprint density at radius 2 is 2.04 bits per heavy atom. The first kappa shape index (κ1) is 20.3. The van der Waals surface area contributed by atoms with Crippen molar-refractivity contribution in [3.63, 3.8) is 0 Å². The fourth-order valence-corrected chi connectivity index (χ4v) is 4.65. The summed E-state index contributed by atoms with van der Waals surface area (Å²) in [5.41, 5.74) is 0.455. The summed E-state index contributed by atoms with van der Waals surface area (Å²) in [6, 6.07) is 5.22. The van der Waals surface area contributed by atoms with Crippen LogP contribution in [0.2, 0.25) is 0 Å². The molecule has 0 saturated carbocycles. The zero-order valence-electron chi connectivity index (χ0n) is 14.1. The number of piperazine rings is 1. The highest BCUT2D eigenvalue weighted by Gasteiger charge is 2.35. The average Bonchev–Trinajstić information content (AvgIpc) is 3.01. The van der Waals surface area contributed by atoms with E-state index in [1.54, 1.807) is 12.4 Å². The highest BCUT2D eigenvalue weighted by molar-refractivity contribution is 7.88. The second kappa shape index (κ2) is 8.12. The number of nitro benzene ring substituents is 1. The van der Waals surface area contributed by atoms with Gasteiger partial charge < -0.3 is 9.88 Å². The number of imidazole rings is 1. The third-order valence-electron chi connectivity index (χ3n) is 4.20. The molecule has 1 N–H and O–H groups in total. The number of nitrogens with one attached hydrogen (secondary N) is 1. The highest BCUT2D eigenvalue weighted by atomic mass is 35.5.